The fourth-order valence-electron chi connectivity index (χ4n) is 12.1. The van der Waals surface area contributed by atoms with Gasteiger partial charge in [-0.05, 0) is 109 Å². The Labute approximate surface area is 417 Å². The summed E-state index contributed by atoms with van der Waals surface area (Å²) >= 11 is 0. The summed E-state index contributed by atoms with van der Waals surface area (Å²) in [6.45, 7) is 0. The molecular formula is C69H43NO2. The molecule has 0 saturated heterocycles. The van der Waals surface area contributed by atoms with Crippen molar-refractivity contribution in [2.45, 2.75) is 5.41 Å². The SMILES string of the molecule is c1ccc(-c2ccc(N(c3ccc(-c4cccc5c4oc4ccccc45)cc3)c3cccc(-c4ccc5c(c4)C4(c6ccccc6-5)c5ccc6ccccc6c5Oc5c4ccc4ccccc54)c3)cc2)cc1. The third kappa shape index (κ3) is 5.98. The average molecular weight is 918 g/mol. The molecule has 15 rings (SSSR count). The summed E-state index contributed by atoms with van der Waals surface area (Å²) in [6, 6.07) is 94.7. The minimum Gasteiger partial charge on any atom is -0.455 e. The number of hydrogen-bond acceptors (Lipinski definition) is 3. The molecule has 1 spiro atoms. The van der Waals surface area contributed by atoms with E-state index in [1.807, 2.05) is 12.1 Å². The van der Waals surface area contributed by atoms with Gasteiger partial charge in [0.15, 0.2) is 0 Å². The Morgan fingerprint density at radius 2 is 0.819 bits per heavy atom. The Bertz CT molecular complexity index is 4220. The number of rotatable bonds is 6. The first-order chi connectivity index (χ1) is 35.7. The van der Waals surface area contributed by atoms with E-state index in [1.54, 1.807) is 0 Å². The van der Waals surface area contributed by atoms with Gasteiger partial charge in [0.1, 0.15) is 22.7 Å². The molecule has 0 N–H and O–H groups in total. The molecule has 2 heterocycles. The van der Waals surface area contributed by atoms with Crippen molar-refractivity contribution < 1.29 is 9.15 Å². The molecule has 0 saturated carbocycles. The first-order valence-electron chi connectivity index (χ1n) is 24.7. The second-order valence-corrected chi connectivity index (χ2v) is 19.1. The van der Waals surface area contributed by atoms with Crippen molar-refractivity contribution in [3.8, 4) is 56.0 Å². The minimum absolute atomic E-state index is 0.641. The zero-order chi connectivity index (χ0) is 47.3. The van der Waals surface area contributed by atoms with E-state index < -0.39 is 5.41 Å². The highest BCUT2D eigenvalue weighted by Crippen LogP contribution is 2.64. The standard InChI is InChI=1S/C69H43NO2/c1-2-14-44(15-3-1)45-28-35-51(36-29-45)70(52-37-30-48(31-38-52)54-24-13-25-60-59-23-9-11-27-65(59)71-66(54)60)53-19-12-18-49(42-53)50-32-39-58-57-22-8-10-26-61(57)69(64(58)43-50)62-40-33-46-16-4-6-20-55(46)67(62)72-68-56-21-7-5-17-47(56)34-41-63(68)69/h1-43H. The fraction of sp³-hybridized carbons (Fsp3) is 0.0145. The van der Waals surface area contributed by atoms with Gasteiger partial charge in [0.25, 0.3) is 0 Å². The van der Waals surface area contributed by atoms with E-state index in [2.05, 4.69) is 254 Å². The summed E-state index contributed by atoms with van der Waals surface area (Å²) in [5.41, 5.74) is 18.5. The van der Waals surface area contributed by atoms with Gasteiger partial charge in [0, 0.05) is 55.3 Å². The quantitative estimate of drug-likeness (QED) is 0.166. The molecule has 13 aromatic rings. The van der Waals surface area contributed by atoms with Gasteiger partial charge in [0.05, 0.1) is 5.41 Å². The smallest absolute Gasteiger partial charge is 0.143 e. The van der Waals surface area contributed by atoms with Gasteiger partial charge < -0.3 is 14.1 Å². The van der Waals surface area contributed by atoms with Gasteiger partial charge in [-0.2, -0.15) is 0 Å². The van der Waals surface area contributed by atoms with Gasteiger partial charge in [-0.3, -0.25) is 0 Å². The van der Waals surface area contributed by atoms with Crippen molar-refractivity contribution in [3.05, 3.63) is 283 Å². The molecule has 2 aliphatic rings. The van der Waals surface area contributed by atoms with Crippen molar-refractivity contribution in [1.82, 2.24) is 0 Å². The molecule has 0 unspecified atom stereocenters. The normalized spacial score (nSPS) is 12.9. The lowest BCUT2D eigenvalue weighted by molar-refractivity contribution is 0.447. The van der Waals surface area contributed by atoms with Crippen LogP contribution in [0.25, 0.3) is 88.0 Å². The predicted octanol–water partition coefficient (Wildman–Crippen LogP) is 18.8. The van der Waals surface area contributed by atoms with E-state index in [0.29, 0.717) is 0 Å². The van der Waals surface area contributed by atoms with Gasteiger partial charge in [-0.1, -0.05) is 212 Å². The Balaban J connectivity index is 0.898. The number of benzene rings is 12. The zero-order valence-corrected chi connectivity index (χ0v) is 39.1. The summed E-state index contributed by atoms with van der Waals surface area (Å²) in [6.07, 6.45) is 0. The molecule has 0 bridgehead atoms. The summed E-state index contributed by atoms with van der Waals surface area (Å²) in [5, 5.41) is 6.79. The number of anilines is 3. The molecule has 1 aliphatic heterocycles. The highest BCUT2D eigenvalue weighted by atomic mass is 16.5. The van der Waals surface area contributed by atoms with Crippen LogP contribution in [0.4, 0.5) is 17.1 Å². The number of hydrogen-bond donors (Lipinski definition) is 0. The van der Waals surface area contributed by atoms with Crippen LogP contribution in [0.2, 0.25) is 0 Å². The second-order valence-electron chi connectivity index (χ2n) is 19.1. The van der Waals surface area contributed by atoms with Crippen LogP contribution >= 0.6 is 0 Å². The maximum atomic E-state index is 7.25. The van der Waals surface area contributed by atoms with E-state index in [1.165, 1.54) is 33.4 Å². The molecule has 0 amide bonds. The third-order valence-electron chi connectivity index (χ3n) is 15.3. The van der Waals surface area contributed by atoms with E-state index in [0.717, 1.165) is 105 Å². The largest absolute Gasteiger partial charge is 0.455 e. The molecule has 1 aromatic heterocycles. The Morgan fingerprint density at radius 1 is 0.292 bits per heavy atom. The molecule has 0 atom stereocenters. The third-order valence-corrected chi connectivity index (χ3v) is 15.3. The molecule has 72 heavy (non-hydrogen) atoms. The lowest BCUT2D eigenvalue weighted by Gasteiger charge is -2.40. The first-order valence-corrected chi connectivity index (χ1v) is 24.7. The number of furan rings is 1. The minimum atomic E-state index is -0.641. The van der Waals surface area contributed by atoms with Crippen molar-refractivity contribution in [2.75, 3.05) is 4.90 Å². The number of fused-ring (bicyclic) bond motifs is 16. The molecule has 12 aromatic carbocycles. The van der Waals surface area contributed by atoms with Crippen LogP contribution in [0.1, 0.15) is 22.3 Å². The van der Waals surface area contributed by atoms with Crippen LogP contribution in [-0.2, 0) is 5.41 Å². The summed E-state index contributed by atoms with van der Waals surface area (Å²) in [5.74, 6) is 1.84. The van der Waals surface area contributed by atoms with Crippen LogP contribution in [0.3, 0.4) is 0 Å². The maximum absolute atomic E-state index is 7.25. The topological polar surface area (TPSA) is 25.6 Å². The second kappa shape index (κ2) is 15.8. The fourth-order valence-corrected chi connectivity index (χ4v) is 12.1. The van der Waals surface area contributed by atoms with Crippen molar-refractivity contribution in [3.63, 3.8) is 0 Å². The number of nitrogens with zero attached hydrogens (tertiary/aromatic N) is 1. The first kappa shape index (κ1) is 40.4. The summed E-state index contributed by atoms with van der Waals surface area (Å²) < 4.78 is 13.7. The molecule has 1 aliphatic carbocycles. The van der Waals surface area contributed by atoms with E-state index in [4.69, 9.17) is 9.15 Å². The van der Waals surface area contributed by atoms with Gasteiger partial charge >= 0.3 is 0 Å². The van der Waals surface area contributed by atoms with Crippen LogP contribution < -0.4 is 9.64 Å². The molecule has 0 fully saturated rings. The maximum Gasteiger partial charge on any atom is 0.143 e. The molecule has 336 valence electrons. The highest BCUT2D eigenvalue weighted by Gasteiger charge is 2.52. The van der Waals surface area contributed by atoms with E-state index >= 15 is 0 Å². The summed E-state index contributed by atoms with van der Waals surface area (Å²) in [4.78, 5) is 2.37. The van der Waals surface area contributed by atoms with Crippen LogP contribution in [-0.4, -0.2) is 0 Å². The van der Waals surface area contributed by atoms with Crippen LogP contribution in [0.15, 0.2) is 265 Å². The van der Waals surface area contributed by atoms with Gasteiger partial charge in [0.2, 0.25) is 0 Å². The lowest BCUT2D eigenvalue weighted by Crippen LogP contribution is -2.32. The molecular weight excluding hydrogens is 875 g/mol. The van der Waals surface area contributed by atoms with Crippen molar-refractivity contribution in [2.24, 2.45) is 0 Å². The molecule has 3 heteroatoms. The van der Waals surface area contributed by atoms with Crippen LogP contribution in [0.5, 0.6) is 11.5 Å². The van der Waals surface area contributed by atoms with Crippen molar-refractivity contribution >= 4 is 60.5 Å². The Hall–Kier alpha value is -9.44. The monoisotopic (exact) mass is 917 g/mol. The Kier molecular flexibility index (Phi) is 8.87. The van der Waals surface area contributed by atoms with Gasteiger partial charge in [-0.25, -0.2) is 0 Å². The van der Waals surface area contributed by atoms with Crippen LogP contribution in [0, 0.1) is 0 Å². The number of ether oxygens (including phenoxy) is 1. The highest BCUT2D eigenvalue weighted by molar-refractivity contribution is 6.09. The predicted molar refractivity (Wildman–Crippen MR) is 297 cm³/mol. The summed E-state index contributed by atoms with van der Waals surface area (Å²) in [7, 11) is 0. The van der Waals surface area contributed by atoms with E-state index in [9.17, 15) is 0 Å². The average Bonchev–Trinajstić information content (AvgIpc) is 3.97. The van der Waals surface area contributed by atoms with Crippen molar-refractivity contribution in [1.29, 1.82) is 0 Å². The Morgan fingerprint density at radius 3 is 1.56 bits per heavy atom. The van der Waals surface area contributed by atoms with Gasteiger partial charge in [-0.15, -0.1) is 0 Å². The zero-order valence-electron chi connectivity index (χ0n) is 39.1. The lowest BCUT2D eigenvalue weighted by atomic mass is 9.65. The molecule has 3 nitrogen and oxygen atoms in total. The van der Waals surface area contributed by atoms with E-state index in [-0.39, 0.29) is 0 Å². The number of para-hydroxylation sites is 2. The molecule has 0 radical (unpaired) electrons.